The van der Waals surface area contributed by atoms with Gasteiger partial charge in [0, 0.05) is 23.1 Å². The van der Waals surface area contributed by atoms with Crippen molar-refractivity contribution in [3.8, 4) is 0 Å². The third-order valence-electron chi connectivity index (χ3n) is 4.50. The highest BCUT2D eigenvalue weighted by Gasteiger charge is 2.28. The maximum atomic E-state index is 12.6. The highest BCUT2D eigenvalue weighted by molar-refractivity contribution is 9.10. The van der Waals surface area contributed by atoms with Gasteiger partial charge in [0.25, 0.3) is 5.91 Å². The Morgan fingerprint density at radius 2 is 1.90 bits per heavy atom. The van der Waals surface area contributed by atoms with Crippen molar-refractivity contribution < 1.29 is 4.79 Å². The molecule has 2 nitrogen and oxygen atoms in total. The van der Waals surface area contributed by atoms with Crippen LogP contribution >= 0.6 is 15.9 Å². The minimum atomic E-state index is 0.169. The average Bonchev–Trinajstić information content (AvgIpc) is 2.96. The van der Waals surface area contributed by atoms with E-state index in [1.165, 1.54) is 0 Å². The molecule has 0 saturated carbocycles. The molecule has 0 bridgehead atoms. The molecule has 3 heteroatoms. The number of likely N-dealkylation sites (tertiary alicyclic amines) is 1. The van der Waals surface area contributed by atoms with Crippen molar-refractivity contribution >= 4 is 32.6 Å². The van der Waals surface area contributed by atoms with Gasteiger partial charge in [-0.25, -0.2) is 0 Å². The summed E-state index contributed by atoms with van der Waals surface area (Å²) in [6.45, 7) is 6.27. The average molecular weight is 346 g/mol. The zero-order valence-electron chi connectivity index (χ0n) is 12.5. The fraction of sp³-hybridized carbons (Fsp3) is 0.389. The van der Waals surface area contributed by atoms with Crippen LogP contribution in [0.1, 0.15) is 30.6 Å². The van der Waals surface area contributed by atoms with Gasteiger partial charge in [0.2, 0.25) is 0 Å². The highest BCUT2D eigenvalue weighted by Crippen LogP contribution is 2.26. The molecular weight excluding hydrogens is 326 g/mol. The first kappa shape index (κ1) is 14.6. The Bertz CT molecular complexity index is 680. The lowest BCUT2D eigenvalue weighted by Gasteiger charge is -2.18. The van der Waals surface area contributed by atoms with Gasteiger partial charge in [-0.2, -0.15) is 0 Å². The molecule has 1 aliphatic rings. The van der Waals surface area contributed by atoms with Crippen LogP contribution in [0.5, 0.6) is 0 Å². The molecule has 0 aliphatic carbocycles. The molecule has 1 unspecified atom stereocenters. The lowest BCUT2D eigenvalue weighted by molar-refractivity contribution is 0.0784. The Hall–Kier alpha value is -1.35. The summed E-state index contributed by atoms with van der Waals surface area (Å²) in [4.78, 5) is 14.6. The summed E-state index contributed by atoms with van der Waals surface area (Å²) in [6.07, 6.45) is 1.13. The SMILES string of the molecule is CC(C)C1CCN(C(=O)c2ccc3cc(Br)ccc3c2)C1. The van der Waals surface area contributed by atoms with Crippen LogP contribution in [0.2, 0.25) is 0 Å². The molecule has 0 aromatic heterocycles. The van der Waals surface area contributed by atoms with Gasteiger partial charge in [0.15, 0.2) is 0 Å². The Labute approximate surface area is 134 Å². The zero-order chi connectivity index (χ0) is 15.0. The first-order chi connectivity index (χ1) is 10.0. The van der Waals surface area contributed by atoms with Crippen molar-refractivity contribution in [2.75, 3.05) is 13.1 Å². The Kier molecular flexibility index (Phi) is 4.03. The number of hydrogen-bond acceptors (Lipinski definition) is 1. The predicted molar refractivity (Wildman–Crippen MR) is 90.5 cm³/mol. The molecule has 1 saturated heterocycles. The van der Waals surface area contributed by atoms with Crippen molar-refractivity contribution in [1.29, 1.82) is 0 Å². The van der Waals surface area contributed by atoms with E-state index in [9.17, 15) is 4.79 Å². The second-order valence-electron chi connectivity index (χ2n) is 6.25. The monoisotopic (exact) mass is 345 g/mol. The molecule has 2 aromatic carbocycles. The van der Waals surface area contributed by atoms with Gasteiger partial charge in [-0.15, -0.1) is 0 Å². The maximum Gasteiger partial charge on any atom is 0.253 e. The third kappa shape index (κ3) is 2.98. The van der Waals surface area contributed by atoms with Crippen LogP contribution in [0.15, 0.2) is 40.9 Å². The molecule has 1 aliphatic heterocycles. The highest BCUT2D eigenvalue weighted by atomic mass is 79.9. The second kappa shape index (κ2) is 5.80. The number of carbonyl (C=O) groups is 1. The van der Waals surface area contributed by atoms with Crippen molar-refractivity contribution in [3.63, 3.8) is 0 Å². The zero-order valence-corrected chi connectivity index (χ0v) is 14.1. The van der Waals surface area contributed by atoms with Gasteiger partial charge in [-0.05, 0) is 53.3 Å². The van der Waals surface area contributed by atoms with E-state index in [1.54, 1.807) is 0 Å². The number of fused-ring (bicyclic) bond motifs is 1. The van der Waals surface area contributed by atoms with E-state index in [0.29, 0.717) is 11.8 Å². The molecule has 1 atom stereocenters. The lowest BCUT2D eigenvalue weighted by Crippen LogP contribution is -2.29. The van der Waals surface area contributed by atoms with E-state index in [2.05, 4.69) is 41.9 Å². The van der Waals surface area contributed by atoms with E-state index in [4.69, 9.17) is 0 Å². The van der Waals surface area contributed by atoms with E-state index < -0.39 is 0 Å². The topological polar surface area (TPSA) is 20.3 Å². The van der Waals surface area contributed by atoms with Gasteiger partial charge in [0.1, 0.15) is 0 Å². The van der Waals surface area contributed by atoms with Crippen LogP contribution in [0.25, 0.3) is 10.8 Å². The number of benzene rings is 2. The third-order valence-corrected chi connectivity index (χ3v) is 5.00. The normalized spacial score (nSPS) is 18.7. The van der Waals surface area contributed by atoms with Crippen LogP contribution in [-0.4, -0.2) is 23.9 Å². The summed E-state index contributed by atoms with van der Waals surface area (Å²) in [7, 11) is 0. The molecule has 1 heterocycles. The van der Waals surface area contributed by atoms with E-state index >= 15 is 0 Å². The molecule has 0 radical (unpaired) electrons. The van der Waals surface area contributed by atoms with Crippen LogP contribution in [-0.2, 0) is 0 Å². The molecule has 1 amide bonds. The van der Waals surface area contributed by atoms with Crippen LogP contribution in [0, 0.1) is 11.8 Å². The molecule has 110 valence electrons. The van der Waals surface area contributed by atoms with E-state index in [-0.39, 0.29) is 5.91 Å². The summed E-state index contributed by atoms with van der Waals surface area (Å²) in [5.74, 6) is 1.46. The molecule has 2 aromatic rings. The standard InChI is InChI=1S/C18H20BrNO/c1-12(2)16-7-8-20(11-16)18(21)15-4-3-14-10-17(19)6-5-13(14)9-15/h3-6,9-10,12,16H,7-8,11H2,1-2H3. The van der Waals surface area contributed by atoms with Gasteiger partial charge in [-0.3, -0.25) is 4.79 Å². The smallest absolute Gasteiger partial charge is 0.253 e. The second-order valence-corrected chi connectivity index (χ2v) is 7.17. The van der Waals surface area contributed by atoms with Crippen molar-refractivity contribution in [2.24, 2.45) is 11.8 Å². The van der Waals surface area contributed by atoms with E-state index in [0.717, 1.165) is 40.3 Å². The number of carbonyl (C=O) groups excluding carboxylic acids is 1. The first-order valence-corrected chi connectivity index (χ1v) is 8.32. The Morgan fingerprint density at radius 3 is 2.62 bits per heavy atom. The number of amides is 1. The summed E-state index contributed by atoms with van der Waals surface area (Å²) in [5, 5.41) is 2.27. The quantitative estimate of drug-likeness (QED) is 0.770. The predicted octanol–water partition coefficient (Wildman–Crippen LogP) is 4.72. The Balaban J connectivity index is 1.83. The minimum absolute atomic E-state index is 0.169. The maximum absolute atomic E-state index is 12.6. The molecule has 1 fully saturated rings. The van der Waals surface area contributed by atoms with Crippen LogP contribution < -0.4 is 0 Å². The minimum Gasteiger partial charge on any atom is -0.338 e. The molecule has 21 heavy (non-hydrogen) atoms. The van der Waals surface area contributed by atoms with Gasteiger partial charge in [-0.1, -0.05) is 41.9 Å². The molecule has 3 rings (SSSR count). The number of rotatable bonds is 2. The van der Waals surface area contributed by atoms with E-state index in [1.807, 2.05) is 29.2 Å². The fourth-order valence-electron chi connectivity index (χ4n) is 3.05. The van der Waals surface area contributed by atoms with Gasteiger partial charge in [0.05, 0.1) is 0 Å². The molecule has 0 spiro atoms. The summed E-state index contributed by atoms with van der Waals surface area (Å²) in [5.41, 5.74) is 0.800. The van der Waals surface area contributed by atoms with Crippen LogP contribution in [0.3, 0.4) is 0 Å². The number of halogens is 1. The van der Waals surface area contributed by atoms with Gasteiger partial charge < -0.3 is 4.90 Å². The van der Waals surface area contributed by atoms with Crippen molar-refractivity contribution in [3.05, 3.63) is 46.4 Å². The lowest BCUT2D eigenvalue weighted by atomic mass is 9.95. The summed E-state index contributed by atoms with van der Waals surface area (Å²) < 4.78 is 1.06. The molecular formula is C18H20BrNO. The molecule has 0 N–H and O–H groups in total. The van der Waals surface area contributed by atoms with Crippen molar-refractivity contribution in [2.45, 2.75) is 20.3 Å². The largest absolute Gasteiger partial charge is 0.338 e. The fourth-order valence-corrected chi connectivity index (χ4v) is 3.43. The van der Waals surface area contributed by atoms with Crippen LogP contribution in [0.4, 0.5) is 0 Å². The summed E-state index contributed by atoms with van der Waals surface area (Å²) in [6, 6.07) is 12.1. The van der Waals surface area contributed by atoms with Crippen molar-refractivity contribution in [1.82, 2.24) is 4.90 Å². The first-order valence-electron chi connectivity index (χ1n) is 7.53. The Morgan fingerprint density at radius 1 is 1.19 bits per heavy atom. The number of nitrogens with zero attached hydrogens (tertiary/aromatic N) is 1. The number of hydrogen-bond donors (Lipinski definition) is 0. The summed E-state index contributed by atoms with van der Waals surface area (Å²) >= 11 is 3.48. The van der Waals surface area contributed by atoms with Gasteiger partial charge >= 0.3 is 0 Å².